The molecule has 1 amide bonds. The van der Waals surface area contributed by atoms with E-state index in [1.807, 2.05) is 25.1 Å². The number of methoxy groups -OCH3 is 1. The van der Waals surface area contributed by atoms with Crippen molar-refractivity contribution in [2.24, 2.45) is 0 Å². The highest BCUT2D eigenvalue weighted by Crippen LogP contribution is 2.14. The standard InChI is InChI=1S/C14H19NO3S/c1-10-5-4-6-12(7-10)8-19-9-13(14(17)18-3)15-11(2)16/h4-7,13H,8-9H2,1-3H3,(H,15,16). The first-order valence-electron chi connectivity index (χ1n) is 6.01. The average Bonchev–Trinajstić information content (AvgIpc) is 2.36. The first-order chi connectivity index (χ1) is 9.02. The predicted molar refractivity (Wildman–Crippen MR) is 77.0 cm³/mol. The lowest BCUT2D eigenvalue weighted by Gasteiger charge is -2.15. The van der Waals surface area contributed by atoms with Crippen LogP contribution < -0.4 is 5.32 Å². The fraction of sp³-hybridized carbons (Fsp3) is 0.429. The summed E-state index contributed by atoms with van der Waals surface area (Å²) in [7, 11) is 1.32. The van der Waals surface area contributed by atoms with Gasteiger partial charge in [0.15, 0.2) is 0 Å². The molecule has 1 aromatic carbocycles. The van der Waals surface area contributed by atoms with Crippen LogP contribution in [0.3, 0.4) is 0 Å². The average molecular weight is 281 g/mol. The highest BCUT2D eigenvalue weighted by Gasteiger charge is 2.19. The summed E-state index contributed by atoms with van der Waals surface area (Å²) >= 11 is 1.59. The van der Waals surface area contributed by atoms with E-state index in [0.29, 0.717) is 5.75 Å². The summed E-state index contributed by atoms with van der Waals surface area (Å²) in [5, 5.41) is 2.59. The second-order valence-electron chi connectivity index (χ2n) is 4.28. The zero-order valence-electron chi connectivity index (χ0n) is 11.4. The van der Waals surface area contributed by atoms with E-state index in [1.54, 1.807) is 11.8 Å². The van der Waals surface area contributed by atoms with E-state index >= 15 is 0 Å². The second kappa shape index (κ2) is 7.84. The Labute approximate surface area is 117 Å². The number of hydrogen-bond acceptors (Lipinski definition) is 4. The van der Waals surface area contributed by atoms with Crippen LogP contribution in [0.15, 0.2) is 24.3 Å². The Morgan fingerprint density at radius 1 is 1.42 bits per heavy atom. The summed E-state index contributed by atoms with van der Waals surface area (Å²) in [4.78, 5) is 22.5. The van der Waals surface area contributed by atoms with Crippen molar-refractivity contribution in [3.05, 3.63) is 35.4 Å². The fourth-order valence-corrected chi connectivity index (χ4v) is 2.64. The van der Waals surface area contributed by atoms with Gasteiger partial charge in [0.05, 0.1) is 7.11 Å². The van der Waals surface area contributed by atoms with E-state index in [2.05, 4.69) is 16.1 Å². The molecule has 1 atom stereocenters. The van der Waals surface area contributed by atoms with Gasteiger partial charge in [0.2, 0.25) is 5.91 Å². The maximum atomic E-state index is 11.5. The molecule has 0 aromatic heterocycles. The van der Waals surface area contributed by atoms with Gasteiger partial charge < -0.3 is 10.1 Å². The molecule has 5 heteroatoms. The van der Waals surface area contributed by atoms with Gasteiger partial charge in [-0.25, -0.2) is 4.79 Å². The summed E-state index contributed by atoms with van der Waals surface area (Å²) in [6.45, 7) is 3.43. The number of carbonyl (C=O) groups excluding carboxylic acids is 2. The van der Waals surface area contributed by atoms with Crippen molar-refractivity contribution in [3.63, 3.8) is 0 Å². The van der Waals surface area contributed by atoms with Crippen LogP contribution in [0.5, 0.6) is 0 Å². The number of hydrogen-bond donors (Lipinski definition) is 1. The van der Waals surface area contributed by atoms with E-state index in [4.69, 9.17) is 0 Å². The third-order valence-corrected chi connectivity index (χ3v) is 3.61. The molecule has 1 N–H and O–H groups in total. The molecule has 1 unspecified atom stereocenters. The molecule has 1 aromatic rings. The number of rotatable bonds is 6. The zero-order valence-corrected chi connectivity index (χ0v) is 12.3. The van der Waals surface area contributed by atoms with Gasteiger partial charge in [-0.15, -0.1) is 0 Å². The molecule has 0 aliphatic rings. The molecule has 0 radical (unpaired) electrons. The Kier molecular flexibility index (Phi) is 6.42. The number of nitrogens with one attached hydrogen (secondary N) is 1. The first-order valence-corrected chi connectivity index (χ1v) is 7.16. The fourth-order valence-electron chi connectivity index (χ4n) is 1.65. The number of ether oxygens (including phenoxy) is 1. The molecule has 0 bridgehead atoms. The van der Waals surface area contributed by atoms with E-state index in [0.717, 1.165) is 5.75 Å². The lowest BCUT2D eigenvalue weighted by atomic mass is 10.2. The summed E-state index contributed by atoms with van der Waals surface area (Å²) in [5.74, 6) is 0.660. The molecular formula is C14H19NO3S. The maximum Gasteiger partial charge on any atom is 0.329 e. The van der Waals surface area contributed by atoms with Crippen LogP contribution in [0.1, 0.15) is 18.1 Å². The highest BCUT2D eigenvalue weighted by molar-refractivity contribution is 7.98. The van der Waals surface area contributed by atoms with Crippen LogP contribution in [-0.4, -0.2) is 30.8 Å². The highest BCUT2D eigenvalue weighted by atomic mass is 32.2. The van der Waals surface area contributed by atoms with Crippen molar-refractivity contribution in [2.75, 3.05) is 12.9 Å². The Morgan fingerprint density at radius 2 is 2.16 bits per heavy atom. The summed E-state index contributed by atoms with van der Waals surface area (Å²) < 4.78 is 4.67. The summed E-state index contributed by atoms with van der Waals surface area (Å²) in [6.07, 6.45) is 0. The zero-order chi connectivity index (χ0) is 14.3. The van der Waals surface area contributed by atoms with Crippen LogP contribution in [-0.2, 0) is 20.1 Å². The SMILES string of the molecule is COC(=O)C(CSCc1cccc(C)c1)NC(C)=O. The molecular weight excluding hydrogens is 262 g/mol. The van der Waals surface area contributed by atoms with Crippen molar-refractivity contribution in [1.82, 2.24) is 5.32 Å². The monoisotopic (exact) mass is 281 g/mol. The topological polar surface area (TPSA) is 55.4 Å². The number of carbonyl (C=O) groups is 2. The minimum atomic E-state index is -0.586. The van der Waals surface area contributed by atoms with E-state index in [1.165, 1.54) is 25.2 Å². The number of aryl methyl sites for hydroxylation is 1. The smallest absolute Gasteiger partial charge is 0.329 e. The van der Waals surface area contributed by atoms with Crippen molar-refractivity contribution in [2.45, 2.75) is 25.6 Å². The maximum absolute atomic E-state index is 11.5. The second-order valence-corrected chi connectivity index (χ2v) is 5.31. The largest absolute Gasteiger partial charge is 0.467 e. The van der Waals surface area contributed by atoms with E-state index < -0.39 is 12.0 Å². The third-order valence-electron chi connectivity index (χ3n) is 2.50. The minimum Gasteiger partial charge on any atom is -0.467 e. The Morgan fingerprint density at radius 3 is 2.74 bits per heavy atom. The van der Waals surface area contributed by atoms with Crippen molar-refractivity contribution in [1.29, 1.82) is 0 Å². The quantitative estimate of drug-likeness (QED) is 0.809. The van der Waals surface area contributed by atoms with E-state index in [9.17, 15) is 9.59 Å². The van der Waals surface area contributed by atoms with Crippen LogP contribution in [0, 0.1) is 6.92 Å². The molecule has 0 saturated carbocycles. The van der Waals surface area contributed by atoms with Gasteiger partial charge in [-0.05, 0) is 12.5 Å². The van der Waals surface area contributed by atoms with Gasteiger partial charge in [0.1, 0.15) is 6.04 Å². The predicted octanol–water partition coefficient (Wildman–Crippen LogP) is 1.91. The molecule has 0 fully saturated rings. The Hall–Kier alpha value is -1.49. The van der Waals surface area contributed by atoms with Crippen LogP contribution >= 0.6 is 11.8 Å². The molecule has 0 aliphatic carbocycles. The van der Waals surface area contributed by atoms with Gasteiger partial charge in [-0.3, -0.25) is 4.79 Å². The van der Waals surface area contributed by atoms with Gasteiger partial charge in [0.25, 0.3) is 0 Å². The minimum absolute atomic E-state index is 0.230. The third kappa shape index (κ3) is 5.79. The molecule has 4 nitrogen and oxygen atoms in total. The van der Waals surface area contributed by atoms with E-state index in [-0.39, 0.29) is 5.91 Å². The summed E-state index contributed by atoms with van der Waals surface area (Å²) in [5.41, 5.74) is 2.42. The normalized spacial score (nSPS) is 11.7. The number of benzene rings is 1. The molecule has 0 heterocycles. The molecule has 1 rings (SSSR count). The number of thioether (sulfide) groups is 1. The molecule has 104 valence electrons. The Balaban J connectivity index is 2.48. The molecule has 19 heavy (non-hydrogen) atoms. The Bertz CT molecular complexity index is 448. The summed E-state index contributed by atoms with van der Waals surface area (Å²) in [6, 6.07) is 7.63. The number of esters is 1. The van der Waals surface area contributed by atoms with Crippen molar-refractivity contribution < 1.29 is 14.3 Å². The van der Waals surface area contributed by atoms with Gasteiger partial charge in [-0.1, -0.05) is 29.8 Å². The lowest BCUT2D eigenvalue weighted by Crippen LogP contribution is -2.42. The van der Waals surface area contributed by atoms with Gasteiger partial charge >= 0.3 is 5.97 Å². The molecule has 0 saturated heterocycles. The first kappa shape index (κ1) is 15.6. The van der Waals surface area contributed by atoms with Gasteiger partial charge in [0, 0.05) is 18.4 Å². The molecule has 0 spiro atoms. The van der Waals surface area contributed by atoms with Crippen molar-refractivity contribution in [3.8, 4) is 0 Å². The van der Waals surface area contributed by atoms with Gasteiger partial charge in [-0.2, -0.15) is 11.8 Å². The van der Waals surface area contributed by atoms with Crippen LogP contribution in [0.4, 0.5) is 0 Å². The number of amides is 1. The van der Waals surface area contributed by atoms with Crippen molar-refractivity contribution >= 4 is 23.6 Å². The van der Waals surface area contributed by atoms with Crippen LogP contribution in [0.25, 0.3) is 0 Å². The van der Waals surface area contributed by atoms with Crippen LogP contribution in [0.2, 0.25) is 0 Å². The lowest BCUT2D eigenvalue weighted by molar-refractivity contribution is -0.144. The molecule has 0 aliphatic heterocycles.